The van der Waals surface area contributed by atoms with Crippen LogP contribution in [0.3, 0.4) is 0 Å². The lowest BCUT2D eigenvalue weighted by Gasteiger charge is -2.21. The van der Waals surface area contributed by atoms with E-state index in [1.807, 2.05) is 13.8 Å². The Labute approximate surface area is 100 Å². The SMILES string of the molecule is CC(CCNC(=O)C1(C)CCNC1)S(C)=O. The van der Waals surface area contributed by atoms with E-state index >= 15 is 0 Å². The summed E-state index contributed by atoms with van der Waals surface area (Å²) in [5.41, 5.74) is -0.255. The predicted molar refractivity (Wildman–Crippen MR) is 66.7 cm³/mol. The van der Waals surface area contributed by atoms with Crippen molar-refractivity contribution in [2.45, 2.75) is 31.9 Å². The van der Waals surface area contributed by atoms with Gasteiger partial charge in [0.15, 0.2) is 0 Å². The average Bonchev–Trinajstić information content (AvgIpc) is 2.66. The first kappa shape index (κ1) is 13.6. The fourth-order valence-electron chi connectivity index (χ4n) is 1.78. The summed E-state index contributed by atoms with van der Waals surface area (Å²) in [6.45, 7) is 6.23. The Balaban J connectivity index is 2.27. The number of hydrogen-bond donors (Lipinski definition) is 2. The van der Waals surface area contributed by atoms with Crippen molar-refractivity contribution in [1.29, 1.82) is 0 Å². The van der Waals surface area contributed by atoms with Gasteiger partial charge in [0.25, 0.3) is 0 Å². The van der Waals surface area contributed by atoms with Gasteiger partial charge >= 0.3 is 0 Å². The fourth-order valence-corrected chi connectivity index (χ4v) is 2.23. The molecule has 0 aromatic carbocycles. The second kappa shape index (κ2) is 5.77. The lowest BCUT2D eigenvalue weighted by Crippen LogP contribution is -2.41. The molecule has 0 aliphatic carbocycles. The molecule has 1 heterocycles. The van der Waals surface area contributed by atoms with Gasteiger partial charge in [-0.1, -0.05) is 6.92 Å². The summed E-state index contributed by atoms with van der Waals surface area (Å²) in [7, 11) is -0.801. The normalized spacial score (nSPS) is 28.7. The standard InChI is InChI=1S/C11H22N2O2S/c1-9(16(3)15)4-6-13-10(14)11(2)5-7-12-8-11/h9,12H,4-8H2,1-3H3,(H,13,14). The Hall–Kier alpha value is -0.420. The largest absolute Gasteiger partial charge is 0.356 e. The molecular formula is C11H22N2O2S. The third kappa shape index (κ3) is 3.56. The van der Waals surface area contributed by atoms with Crippen molar-refractivity contribution in [3.8, 4) is 0 Å². The zero-order valence-electron chi connectivity index (χ0n) is 10.3. The van der Waals surface area contributed by atoms with Crippen molar-refractivity contribution >= 4 is 16.7 Å². The molecule has 1 aliphatic rings. The van der Waals surface area contributed by atoms with Gasteiger partial charge in [0.05, 0.1) is 5.41 Å². The van der Waals surface area contributed by atoms with Crippen molar-refractivity contribution < 1.29 is 9.00 Å². The highest BCUT2D eigenvalue weighted by atomic mass is 32.2. The van der Waals surface area contributed by atoms with E-state index in [0.29, 0.717) is 6.54 Å². The monoisotopic (exact) mass is 246 g/mol. The van der Waals surface area contributed by atoms with E-state index in [0.717, 1.165) is 25.9 Å². The Bertz CT molecular complexity index is 275. The first-order valence-electron chi connectivity index (χ1n) is 5.77. The molecule has 1 saturated heterocycles. The maximum atomic E-state index is 11.9. The highest BCUT2D eigenvalue weighted by Crippen LogP contribution is 2.24. The van der Waals surface area contributed by atoms with Crippen LogP contribution in [0.5, 0.6) is 0 Å². The van der Waals surface area contributed by atoms with E-state index in [9.17, 15) is 9.00 Å². The minimum absolute atomic E-state index is 0.117. The third-order valence-electron chi connectivity index (χ3n) is 3.32. The van der Waals surface area contributed by atoms with Gasteiger partial charge in [-0.05, 0) is 26.3 Å². The van der Waals surface area contributed by atoms with Gasteiger partial charge in [0.2, 0.25) is 5.91 Å². The van der Waals surface area contributed by atoms with Crippen molar-refractivity contribution in [2.24, 2.45) is 5.41 Å². The van der Waals surface area contributed by atoms with Crippen molar-refractivity contribution in [2.75, 3.05) is 25.9 Å². The highest BCUT2D eigenvalue weighted by molar-refractivity contribution is 7.84. The summed E-state index contributed by atoms with van der Waals surface area (Å²) >= 11 is 0. The van der Waals surface area contributed by atoms with Gasteiger partial charge in [-0.3, -0.25) is 9.00 Å². The van der Waals surface area contributed by atoms with Gasteiger partial charge < -0.3 is 10.6 Å². The number of amides is 1. The molecule has 5 heteroatoms. The Morgan fingerprint density at radius 2 is 2.31 bits per heavy atom. The molecule has 0 saturated carbocycles. The second-order valence-electron chi connectivity index (χ2n) is 4.84. The van der Waals surface area contributed by atoms with Gasteiger partial charge in [-0.2, -0.15) is 0 Å². The summed E-state index contributed by atoms with van der Waals surface area (Å²) in [6, 6.07) is 0. The number of rotatable bonds is 5. The molecule has 2 N–H and O–H groups in total. The first-order chi connectivity index (χ1) is 7.46. The summed E-state index contributed by atoms with van der Waals surface area (Å²) in [4.78, 5) is 11.9. The van der Waals surface area contributed by atoms with Gasteiger partial charge in [0.1, 0.15) is 0 Å². The van der Waals surface area contributed by atoms with E-state index in [-0.39, 0.29) is 16.6 Å². The van der Waals surface area contributed by atoms with Crippen LogP contribution in [0.2, 0.25) is 0 Å². The molecule has 4 nitrogen and oxygen atoms in total. The molecule has 0 spiro atoms. The number of hydrogen-bond acceptors (Lipinski definition) is 3. The van der Waals surface area contributed by atoms with Crippen LogP contribution in [0.1, 0.15) is 26.7 Å². The fraction of sp³-hybridized carbons (Fsp3) is 0.909. The zero-order valence-corrected chi connectivity index (χ0v) is 11.2. The molecule has 0 radical (unpaired) electrons. The predicted octanol–water partition coefficient (Wildman–Crippen LogP) is 0.259. The lowest BCUT2D eigenvalue weighted by atomic mass is 9.89. The zero-order chi connectivity index (χ0) is 12.2. The highest BCUT2D eigenvalue weighted by Gasteiger charge is 2.35. The molecular weight excluding hydrogens is 224 g/mol. The van der Waals surface area contributed by atoms with E-state index in [1.165, 1.54) is 0 Å². The molecule has 1 amide bonds. The molecule has 1 aliphatic heterocycles. The molecule has 3 unspecified atom stereocenters. The summed E-state index contributed by atoms with van der Waals surface area (Å²) < 4.78 is 11.1. The van der Waals surface area contributed by atoms with Crippen LogP contribution in [0.15, 0.2) is 0 Å². The van der Waals surface area contributed by atoms with Gasteiger partial charge in [0, 0.05) is 35.4 Å². The Kier molecular flexibility index (Phi) is 4.92. The summed E-state index contributed by atoms with van der Waals surface area (Å²) in [5.74, 6) is 0.117. The van der Waals surface area contributed by atoms with Crippen molar-refractivity contribution in [1.82, 2.24) is 10.6 Å². The number of carbonyl (C=O) groups is 1. The van der Waals surface area contributed by atoms with E-state index in [1.54, 1.807) is 6.26 Å². The summed E-state index contributed by atoms with van der Waals surface area (Å²) in [5, 5.41) is 6.29. The van der Waals surface area contributed by atoms with Crippen LogP contribution in [-0.4, -0.2) is 41.3 Å². The topological polar surface area (TPSA) is 58.2 Å². The molecule has 0 bridgehead atoms. The maximum Gasteiger partial charge on any atom is 0.227 e. The summed E-state index contributed by atoms with van der Waals surface area (Å²) in [6.07, 6.45) is 3.38. The molecule has 0 aromatic heterocycles. The first-order valence-corrected chi connectivity index (χ1v) is 7.39. The van der Waals surface area contributed by atoms with Crippen LogP contribution in [0.4, 0.5) is 0 Å². The maximum absolute atomic E-state index is 11.9. The van der Waals surface area contributed by atoms with Crippen LogP contribution >= 0.6 is 0 Å². The number of nitrogens with one attached hydrogen (secondary N) is 2. The average molecular weight is 246 g/mol. The third-order valence-corrected chi connectivity index (χ3v) is 4.69. The second-order valence-corrected chi connectivity index (χ2v) is 6.64. The van der Waals surface area contributed by atoms with Crippen LogP contribution in [0.25, 0.3) is 0 Å². The minimum Gasteiger partial charge on any atom is -0.356 e. The molecule has 16 heavy (non-hydrogen) atoms. The minimum atomic E-state index is -0.801. The quantitative estimate of drug-likeness (QED) is 0.731. The van der Waals surface area contributed by atoms with E-state index < -0.39 is 10.8 Å². The van der Waals surface area contributed by atoms with E-state index in [4.69, 9.17) is 0 Å². The van der Waals surface area contributed by atoms with Crippen molar-refractivity contribution in [3.05, 3.63) is 0 Å². The van der Waals surface area contributed by atoms with Crippen LogP contribution in [0, 0.1) is 5.41 Å². The Morgan fingerprint density at radius 3 is 2.81 bits per heavy atom. The molecule has 1 fully saturated rings. The van der Waals surface area contributed by atoms with Crippen LogP contribution < -0.4 is 10.6 Å². The molecule has 0 aromatic rings. The smallest absolute Gasteiger partial charge is 0.227 e. The van der Waals surface area contributed by atoms with Gasteiger partial charge in [-0.25, -0.2) is 0 Å². The lowest BCUT2D eigenvalue weighted by molar-refractivity contribution is -0.129. The van der Waals surface area contributed by atoms with Crippen molar-refractivity contribution in [3.63, 3.8) is 0 Å². The molecule has 94 valence electrons. The molecule has 1 rings (SSSR count). The van der Waals surface area contributed by atoms with Gasteiger partial charge in [-0.15, -0.1) is 0 Å². The number of carbonyl (C=O) groups excluding carboxylic acids is 1. The Morgan fingerprint density at radius 1 is 1.62 bits per heavy atom. The molecule has 3 atom stereocenters. The van der Waals surface area contributed by atoms with E-state index in [2.05, 4.69) is 10.6 Å². The van der Waals surface area contributed by atoms with Crippen LogP contribution in [-0.2, 0) is 15.6 Å².